The number of hydrogen-bond acceptors (Lipinski definition) is 2. The molecule has 128 valence electrons. The molecule has 1 spiro atoms. The van der Waals surface area contributed by atoms with Gasteiger partial charge in [-0.05, 0) is 49.2 Å². The Morgan fingerprint density at radius 3 is 2.30 bits per heavy atom. The first-order chi connectivity index (χ1) is 10.8. The van der Waals surface area contributed by atoms with E-state index < -0.39 is 18.1 Å². The quantitative estimate of drug-likeness (QED) is 0.895. The number of benzene rings is 1. The van der Waals surface area contributed by atoms with Gasteiger partial charge >= 0.3 is 6.18 Å². The van der Waals surface area contributed by atoms with Crippen LogP contribution in [0.3, 0.4) is 0 Å². The van der Waals surface area contributed by atoms with Crippen molar-refractivity contribution < 1.29 is 13.2 Å². The summed E-state index contributed by atoms with van der Waals surface area (Å²) in [7, 11) is 0. The molecule has 0 aromatic heterocycles. The molecule has 5 heteroatoms. The van der Waals surface area contributed by atoms with Crippen LogP contribution in [0.15, 0.2) is 30.3 Å². The second-order valence-corrected chi connectivity index (χ2v) is 7.40. The zero-order valence-corrected chi connectivity index (χ0v) is 13.5. The lowest BCUT2D eigenvalue weighted by molar-refractivity contribution is -0.188. The molecule has 2 aliphatic rings. The molecule has 1 unspecified atom stereocenters. The van der Waals surface area contributed by atoms with E-state index in [1.165, 1.54) is 5.56 Å². The molecule has 1 aromatic rings. The van der Waals surface area contributed by atoms with Gasteiger partial charge in [0.2, 0.25) is 0 Å². The lowest BCUT2D eigenvalue weighted by atomic mass is 9.73. The van der Waals surface area contributed by atoms with E-state index in [9.17, 15) is 13.2 Å². The highest BCUT2D eigenvalue weighted by Gasteiger charge is 2.59. The van der Waals surface area contributed by atoms with Crippen molar-refractivity contribution in [2.45, 2.75) is 44.9 Å². The SMILES string of the molecule is C[C@H]1CC2(CCN(Cc3ccccc3)CC2)C(N)[C@@H]1C(F)(F)F. The Kier molecular flexibility index (Phi) is 4.45. The lowest BCUT2D eigenvalue weighted by Gasteiger charge is -2.43. The molecule has 0 radical (unpaired) electrons. The average Bonchev–Trinajstić information content (AvgIpc) is 2.73. The molecule has 2 N–H and O–H groups in total. The maximum absolute atomic E-state index is 13.3. The molecule has 0 bridgehead atoms. The number of alkyl halides is 3. The summed E-state index contributed by atoms with van der Waals surface area (Å²) in [6.45, 7) is 4.24. The maximum atomic E-state index is 13.3. The van der Waals surface area contributed by atoms with Crippen LogP contribution < -0.4 is 5.73 Å². The van der Waals surface area contributed by atoms with E-state index in [1.54, 1.807) is 6.92 Å². The zero-order valence-electron chi connectivity index (χ0n) is 13.5. The standard InChI is InChI=1S/C18H25F3N2/c1-13-11-17(16(22)15(13)18(19,20)21)7-9-23(10-8-17)12-14-5-3-2-4-6-14/h2-6,13,15-16H,7-12,22H2,1H3/t13-,15+,16?/m0/s1. The zero-order chi connectivity index (χ0) is 16.7. The van der Waals surface area contributed by atoms with Gasteiger partial charge in [-0.2, -0.15) is 13.2 Å². The minimum absolute atomic E-state index is 0.327. The molecule has 1 saturated carbocycles. The summed E-state index contributed by atoms with van der Waals surface area (Å²) in [4.78, 5) is 2.33. The van der Waals surface area contributed by atoms with E-state index in [0.717, 1.165) is 32.5 Å². The number of halogens is 3. The third-order valence-electron chi connectivity index (χ3n) is 5.91. The summed E-state index contributed by atoms with van der Waals surface area (Å²) in [6, 6.07) is 9.45. The number of piperidine rings is 1. The van der Waals surface area contributed by atoms with Crippen LogP contribution in [0, 0.1) is 17.3 Å². The molecule has 1 aliphatic carbocycles. The van der Waals surface area contributed by atoms with Crippen molar-refractivity contribution in [3.8, 4) is 0 Å². The van der Waals surface area contributed by atoms with E-state index in [2.05, 4.69) is 17.0 Å². The molecular formula is C18H25F3N2. The minimum atomic E-state index is -4.18. The molecule has 1 saturated heterocycles. The van der Waals surface area contributed by atoms with Crippen molar-refractivity contribution in [2.75, 3.05) is 13.1 Å². The van der Waals surface area contributed by atoms with E-state index in [4.69, 9.17) is 5.73 Å². The van der Waals surface area contributed by atoms with Gasteiger partial charge in [0, 0.05) is 12.6 Å². The number of rotatable bonds is 2. The van der Waals surface area contributed by atoms with Gasteiger partial charge in [-0.3, -0.25) is 4.90 Å². The van der Waals surface area contributed by atoms with Crippen LogP contribution in [0.1, 0.15) is 31.7 Å². The Morgan fingerprint density at radius 2 is 1.78 bits per heavy atom. The Morgan fingerprint density at radius 1 is 1.17 bits per heavy atom. The van der Waals surface area contributed by atoms with Gasteiger partial charge in [-0.15, -0.1) is 0 Å². The molecule has 2 fully saturated rings. The predicted octanol–water partition coefficient (Wildman–Crippen LogP) is 3.81. The van der Waals surface area contributed by atoms with E-state index in [-0.39, 0.29) is 11.3 Å². The monoisotopic (exact) mass is 326 g/mol. The van der Waals surface area contributed by atoms with E-state index >= 15 is 0 Å². The van der Waals surface area contributed by atoms with Crippen molar-refractivity contribution in [1.82, 2.24) is 4.90 Å². The fourth-order valence-electron chi connectivity index (χ4n) is 4.70. The summed E-state index contributed by atoms with van der Waals surface area (Å²) in [5, 5.41) is 0. The third-order valence-corrected chi connectivity index (χ3v) is 5.91. The first-order valence-corrected chi connectivity index (χ1v) is 8.40. The second-order valence-electron chi connectivity index (χ2n) is 7.40. The Balaban J connectivity index is 1.64. The second kappa shape index (κ2) is 6.10. The molecule has 1 aliphatic heterocycles. The van der Waals surface area contributed by atoms with Gasteiger partial charge in [-0.25, -0.2) is 0 Å². The number of nitrogens with zero attached hydrogens (tertiary/aromatic N) is 1. The van der Waals surface area contributed by atoms with Crippen molar-refractivity contribution in [3.63, 3.8) is 0 Å². The van der Waals surface area contributed by atoms with Crippen LogP contribution in [0.2, 0.25) is 0 Å². The number of nitrogens with two attached hydrogens (primary N) is 1. The molecular weight excluding hydrogens is 301 g/mol. The van der Waals surface area contributed by atoms with Crippen LogP contribution in [0.25, 0.3) is 0 Å². The van der Waals surface area contributed by atoms with Gasteiger partial charge < -0.3 is 5.73 Å². The molecule has 2 nitrogen and oxygen atoms in total. The Bertz CT molecular complexity index is 521. The van der Waals surface area contributed by atoms with Gasteiger partial charge in [-0.1, -0.05) is 37.3 Å². The molecule has 23 heavy (non-hydrogen) atoms. The smallest absolute Gasteiger partial charge is 0.327 e. The summed E-state index contributed by atoms with van der Waals surface area (Å²) in [5.74, 6) is -1.71. The summed E-state index contributed by atoms with van der Waals surface area (Å²) < 4.78 is 39.8. The summed E-state index contributed by atoms with van der Waals surface area (Å²) in [5.41, 5.74) is 7.05. The van der Waals surface area contributed by atoms with Gasteiger partial charge in [0.15, 0.2) is 0 Å². The van der Waals surface area contributed by atoms with Gasteiger partial charge in [0.05, 0.1) is 5.92 Å². The topological polar surface area (TPSA) is 29.3 Å². The Labute approximate surface area is 135 Å². The molecule has 1 aromatic carbocycles. The average molecular weight is 326 g/mol. The van der Waals surface area contributed by atoms with Crippen LogP contribution >= 0.6 is 0 Å². The highest BCUT2D eigenvalue weighted by Crippen LogP contribution is 2.55. The van der Waals surface area contributed by atoms with Crippen molar-refractivity contribution in [1.29, 1.82) is 0 Å². The van der Waals surface area contributed by atoms with Gasteiger partial charge in [0.25, 0.3) is 0 Å². The first-order valence-electron chi connectivity index (χ1n) is 8.40. The van der Waals surface area contributed by atoms with Crippen LogP contribution in [-0.2, 0) is 6.54 Å². The molecule has 1 heterocycles. The molecule has 0 amide bonds. The first kappa shape index (κ1) is 16.8. The molecule has 3 rings (SSSR count). The summed E-state index contributed by atoms with van der Waals surface area (Å²) in [6.07, 6.45) is -2.02. The number of hydrogen-bond donors (Lipinski definition) is 1. The van der Waals surface area contributed by atoms with Crippen LogP contribution in [0.4, 0.5) is 13.2 Å². The fraction of sp³-hybridized carbons (Fsp3) is 0.667. The number of likely N-dealkylation sites (tertiary alicyclic amines) is 1. The highest BCUT2D eigenvalue weighted by atomic mass is 19.4. The third kappa shape index (κ3) is 3.26. The fourth-order valence-corrected chi connectivity index (χ4v) is 4.70. The predicted molar refractivity (Wildman–Crippen MR) is 84.7 cm³/mol. The lowest BCUT2D eigenvalue weighted by Crippen LogP contribution is -2.51. The Hall–Kier alpha value is -1.07. The molecule has 3 atom stereocenters. The van der Waals surface area contributed by atoms with Crippen LogP contribution in [0.5, 0.6) is 0 Å². The maximum Gasteiger partial charge on any atom is 0.393 e. The van der Waals surface area contributed by atoms with Gasteiger partial charge in [0.1, 0.15) is 0 Å². The van der Waals surface area contributed by atoms with E-state index in [1.807, 2.05) is 18.2 Å². The van der Waals surface area contributed by atoms with Crippen LogP contribution in [-0.4, -0.2) is 30.2 Å². The normalized spacial score (nSPS) is 31.6. The van der Waals surface area contributed by atoms with Crippen molar-refractivity contribution in [3.05, 3.63) is 35.9 Å². The minimum Gasteiger partial charge on any atom is -0.327 e. The largest absolute Gasteiger partial charge is 0.393 e. The van der Waals surface area contributed by atoms with E-state index in [0.29, 0.717) is 6.42 Å². The highest BCUT2D eigenvalue weighted by molar-refractivity contribution is 5.15. The van der Waals surface area contributed by atoms with Crippen molar-refractivity contribution >= 4 is 0 Å². The van der Waals surface area contributed by atoms with Crippen molar-refractivity contribution in [2.24, 2.45) is 23.0 Å². The summed E-state index contributed by atoms with van der Waals surface area (Å²) >= 11 is 0.